The van der Waals surface area contributed by atoms with E-state index in [9.17, 15) is 0 Å². The molecule has 0 aromatic heterocycles. The Morgan fingerprint density at radius 3 is 0.125 bits per heavy atom. The molecule has 0 radical (unpaired) electrons. The van der Waals surface area contributed by atoms with Crippen LogP contribution in [0.5, 0.6) is 0 Å². The maximum Gasteiger partial charge on any atom is 0 e. The minimum absolute atomic E-state index is 1.49. The molecule has 0 aliphatic rings. The van der Waals surface area contributed by atoms with E-state index in [0.29, 0.717) is 0 Å². The fraction of sp³-hybridized carbons (Fsp3) is 0. The van der Waals surface area contributed by atoms with Crippen LogP contribution in [0.1, 0.15) is 0 Å². The summed E-state index contributed by atoms with van der Waals surface area (Å²) in [5, 5.41) is 0. The third-order valence-corrected chi connectivity index (χ3v) is 192. The predicted octanol–water partition coefficient (Wildman–Crippen LogP) is 56.5. The molecule has 88 heavy (non-hydrogen) atoms. The Bertz CT molecular complexity index is 1020. The molecule has 0 atom stereocenters. The van der Waals surface area contributed by atoms with E-state index in [2.05, 4.69) is 23.3 Å². The van der Waals surface area contributed by atoms with Crippen LogP contribution in [0.15, 0.2) is 0 Å². The van der Waals surface area contributed by atoms with Gasteiger partial charge in [0.15, 0.2) is 0 Å². The van der Waals surface area contributed by atoms with Crippen LogP contribution in [0.4, 0.5) is 0 Å². The zero-order chi connectivity index (χ0) is 62.8. The lowest BCUT2D eigenvalue weighted by Gasteiger charge is -2.00. The van der Waals surface area contributed by atoms with E-state index in [1.54, 1.807) is 98.3 Å². The van der Waals surface area contributed by atoms with E-state index in [-0.39, 0.29) is 0 Å². The minimum Gasteiger partial charge on any atom is -0.0988 e. The average molecular weight is 2820 g/mol. The normalized spacial score (nSPS) is 11.8. The molecule has 0 aromatic rings. The summed E-state index contributed by atoms with van der Waals surface area (Å²) in [5.41, 5.74) is 0. The van der Waals surface area contributed by atoms with Crippen molar-refractivity contribution in [2.75, 3.05) is 0 Å². The molecule has 0 aliphatic heterocycles. The van der Waals surface area contributed by atoms with Crippen LogP contribution in [-0.4, -0.2) is 0 Å². The molecule has 530 valence electrons. The van der Waals surface area contributed by atoms with Crippen molar-refractivity contribution in [3.05, 3.63) is 0 Å². The highest BCUT2D eigenvalue weighted by Crippen LogP contribution is 2.73. The summed E-state index contributed by atoms with van der Waals surface area (Å²) in [6, 6.07) is 0. The molecular formula is H2S88. The van der Waals surface area contributed by atoms with Gasteiger partial charge in [-0.3, -0.25) is 0 Å². The van der Waals surface area contributed by atoms with Crippen LogP contribution >= 0.6 is 868 Å². The molecule has 0 aliphatic carbocycles. The Labute approximate surface area is 843 Å². The van der Waals surface area contributed by atoms with Gasteiger partial charge in [-0.25, -0.2) is 0 Å². The lowest BCUT2D eigenvalue weighted by Crippen LogP contribution is -1.35. The quantitative estimate of drug-likeness (QED) is 0.0337. The first-order valence-electron chi connectivity index (χ1n) is 14.5. The van der Waals surface area contributed by atoms with Gasteiger partial charge in [0.1, 0.15) is 0 Å². The number of thiol groups is 2. The monoisotopic (exact) mass is 2820 g/mol. The molecular weight excluding hydrogens is 2820 g/mol. The first-order valence-corrected chi connectivity index (χ1v) is 131. The van der Waals surface area contributed by atoms with Crippen LogP contribution < -0.4 is 0 Å². The molecule has 0 bridgehead atoms. The van der Waals surface area contributed by atoms with Gasteiger partial charge in [-0.1, -0.05) is 23.3 Å². The molecule has 0 rings (SSSR count). The molecule has 0 unspecified atom stereocenters. The highest BCUT2D eigenvalue weighted by Gasteiger charge is 2.08. The highest BCUT2D eigenvalue weighted by atomic mass is 34.1. The zero-order valence-electron chi connectivity index (χ0n) is 36.0. The van der Waals surface area contributed by atoms with Gasteiger partial charge in [-0.05, 0) is 157 Å². The van der Waals surface area contributed by atoms with Gasteiger partial charge in [0.2, 0.25) is 0 Å². The van der Waals surface area contributed by atoms with E-state index in [1.807, 2.05) is 727 Å². The second-order valence-electron chi connectivity index (χ2n) is 5.86. The first-order chi connectivity index (χ1) is 43.9. The molecule has 0 fully saturated rings. The van der Waals surface area contributed by atoms with Crippen LogP contribution in [-0.2, 0) is 0 Å². The van der Waals surface area contributed by atoms with Crippen molar-refractivity contribution in [1.82, 2.24) is 0 Å². The maximum absolute atomic E-state index is 4.10. The second kappa shape index (κ2) is 118. The van der Waals surface area contributed by atoms with E-state index in [4.69, 9.17) is 0 Å². The van der Waals surface area contributed by atoms with Gasteiger partial charge < -0.3 is 0 Å². The van der Waals surface area contributed by atoms with Crippen LogP contribution in [0, 0.1) is 0 Å². The molecule has 0 saturated heterocycles. The summed E-state index contributed by atoms with van der Waals surface area (Å²) in [5.74, 6) is 0. The fourth-order valence-corrected chi connectivity index (χ4v) is 232. The summed E-state index contributed by atoms with van der Waals surface area (Å²) < 4.78 is 0. The number of hydrogen-bond donors (Lipinski definition) is 2. The maximum atomic E-state index is 4.10. The Morgan fingerprint density at radius 1 is 0.0568 bits per heavy atom. The standard InChI is InChI=1S/H2S88/c1-3-5-7-9-11-13-15-17-19-21-23-25-27-29-31-33-35-37-39-41-43-45-47-49-51-53-55-57-59-61-63-65-67-69-71-73-75-77-79-81-83-85-87-88-86-84-82-80-78-76-74-72-70-68-66-64-62-60-58-56-54-52-50-48-46-44-42-40-38-36-34-32-30-28-26-24-22-20-18-16-14-12-10-8-6-4-2/h1-2H. The van der Waals surface area contributed by atoms with Gasteiger partial charge in [0.25, 0.3) is 0 Å². The second-order valence-corrected chi connectivity index (χ2v) is 158. The fourth-order valence-electron chi connectivity index (χ4n) is 0.955. The average Bonchev–Trinajstić information content (AvgIpc) is 3.54. The third-order valence-electron chi connectivity index (χ3n) is 2.37. The van der Waals surface area contributed by atoms with Crippen LogP contribution in [0.2, 0.25) is 0 Å². The molecule has 0 heterocycles. The molecule has 0 spiro atoms. The van der Waals surface area contributed by atoms with Crippen molar-refractivity contribution >= 4 is 868 Å². The smallest absolute Gasteiger partial charge is 0 e. The van der Waals surface area contributed by atoms with Crippen molar-refractivity contribution in [1.29, 1.82) is 0 Å². The lowest BCUT2D eigenvalue weighted by atomic mass is 30.1. The Morgan fingerprint density at radius 2 is 0.0909 bits per heavy atom. The van der Waals surface area contributed by atoms with Gasteiger partial charge in [-0.15, -0.1) is 0 Å². The molecule has 0 amide bonds. The van der Waals surface area contributed by atoms with Gasteiger partial charge in [0.05, 0.1) is 0 Å². The van der Waals surface area contributed by atoms with Gasteiger partial charge >= 0.3 is 0 Å². The van der Waals surface area contributed by atoms with Crippen LogP contribution in [0.25, 0.3) is 0 Å². The Balaban J connectivity index is 3.08. The lowest BCUT2D eigenvalue weighted by molar-refractivity contribution is 5.59. The minimum atomic E-state index is 1.49. The van der Waals surface area contributed by atoms with Crippen molar-refractivity contribution in [3.8, 4) is 0 Å². The first kappa shape index (κ1) is 119. The molecule has 0 saturated carbocycles. The summed E-state index contributed by atoms with van der Waals surface area (Å²) in [4.78, 5) is 0. The van der Waals surface area contributed by atoms with Crippen LogP contribution in [0.3, 0.4) is 0 Å². The number of hydrogen-bond acceptors (Lipinski definition) is 88. The van der Waals surface area contributed by atoms with E-state index < -0.39 is 0 Å². The Hall–Kier alpha value is 30.8. The van der Waals surface area contributed by atoms with E-state index in [0.717, 1.165) is 0 Å². The highest BCUT2D eigenvalue weighted by molar-refractivity contribution is 9.67. The summed E-state index contributed by atoms with van der Waals surface area (Å²) >= 11 is 8.20. The van der Waals surface area contributed by atoms with Crippen molar-refractivity contribution < 1.29 is 0 Å². The van der Waals surface area contributed by atoms with Crippen molar-refractivity contribution in [2.45, 2.75) is 0 Å². The molecule has 88 heteroatoms. The zero-order valence-corrected chi connectivity index (χ0v) is 108. The van der Waals surface area contributed by atoms with Crippen molar-refractivity contribution in [3.63, 3.8) is 0 Å². The largest absolute Gasteiger partial charge is 0.0988 e. The number of rotatable bonds is 85. The predicted molar refractivity (Wildman–Crippen MR) is 671 cm³/mol. The SMILES string of the molecule is SSSSSSSSSSSSSSSSSSSSSSSSSSSSSSSSSSSSSSSSSSSSSSSSSSSSSSSSSSSSSSSSSSSSSSSSSSSSSSSSSSSSSSSS. The topological polar surface area (TPSA) is 0 Å². The molecule has 0 N–H and O–H groups in total. The summed E-state index contributed by atoms with van der Waals surface area (Å²) in [7, 11) is 156. The van der Waals surface area contributed by atoms with Crippen molar-refractivity contribution in [2.24, 2.45) is 0 Å². The Kier molecular flexibility index (Phi) is 159. The van der Waals surface area contributed by atoms with Gasteiger partial charge in [-0.2, -0.15) is 0 Å². The third kappa shape index (κ3) is 117. The molecule has 0 aromatic carbocycles. The molecule has 0 nitrogen and oxygen atoms in total. The summed E-state index contributed by atoms with van der Waals surface area (Å²) in [6.45, 7) is 0. The summed E-state index contributed by atoms with van der Waals surface area (Å²) in [6.07, 6.45) is 0. The van der Waals surface area contributed by atoms with E-state index in [1.165, 1.54) is 19.7 Å². The van der Waals surface area contributed by atoms with Gasteiger partial charge in [0, 0.05) is 688 Å². The van der Waals surface area contributed by atoms with E-state index >= 15 is 0 Å².